The topological polar surface area (TPSA) is 67.9 Å². The minimum atomic E-state index is -4.80. The third kappa shape index (κ3) is 2.93. The number of carbonyl (C=O) groups excluding carboxylic acids is 1. The maximum Gasteiger partial charge on any atom is 0.434 e. The van der Waals surface area contributed by atoms with Crippen molar-refractivity contribution >= 4 is 5.97 Å². The van der Waals surface area contributed by atoms with Gasteiger partial charge in [-0.1, -0.05) is 6.07 Å². The van der Waals surface area contributed by atoms with Crippen molar-refractivity contribution in [2.75, 3.05) is 6.61 Å². The first-order valence-electron chi connectivity index (χ1n) is 6.21. The van der Waals surface area contributed by atoms with Gasteiger partial charge in [-0.2, -0.15) is 23.5 Å². The van der Waals surface area contributed by atoms with Crippen molar-refractivity contribution in [1.29, 1.82) is 5.26 Å². The Labute approximate surface area is 123 Å². The number of carbonyl (C=O) groups is 1. The summed E-state index contributed by atoms with van der Waals surface area (Å²) in [6.45, 7) is 1.44. The third-order valence-electron chi connectivity index (χ3n) is 2.75. The molecule has 0 spiro atoms. The van der Waals surface area contributed by atoms with E-state index in [0.717, 1.165) is 6.20 Å². The molecule has 0 unspecified atom stereocenters. The number of nitriles is 1. The van der Waals surface area contributed by atoms with E-state index in [1.165, 1.54) is 31.2 Å². The normalized spacial score (nSPS) is 11.0. The molecule has 0 aliphatic carbocycles. The van der Waals surface area contributed by atoms with Crippen molar-refractivity contribution in [2.45, 2.75) is 13.1 Å². The van der Waals surface area contributed by atoms with E-state index in [4.69, 9.17) is 5.26 Å². The van der Waals surface area contributed by atoms with Crippen LogP contribution in [-0.2, 0) is 10.9 Å². The van der Waals surface area contributed by atoms with Gasteiger partial charge in [0.25, 0.3) is 0 Å². The van der Waals surface area contributed by atoms with Crippen LogP contribution < -0.4 is 0 Å². The highest BCUT2D eigenvalue weighted by Gasteiger charge is 2.41. The zero-order valence-electron chi connectivity index (χ0n) is 11.4. The van der Waals surface area contributed by atoms with Crippen molar-refractivity contribution in [3.05, 3.63) is 47.3 Å². The van der Waals surface area contributed by atoms with Gasteiger partial charge in [0.05, 0.1) is 30.1 Å². The molecule has 0 aliphatic rings. The van der Waals surface area contributed by atoms with Gasteiger partial charge in [0, 0.05) is 0 Å². The Hall–Kier alpha value is -2.82. The molecule has 0 fully saturated rings. The van der Waals surface area contributed by atoms with Crippen molar-refractivity contribution in [3.63, 3.8) is 0 Å². The van der Waals surface area contributed by atoms with Crippen LogP contribution in [0.1, 0.15) is 28.5 Å². The summed E-state index contributed by atoms with van der Waals surface area (Å²) in [5, 5.41) is 12.4. The monoisotopic (exact) mass is 309 g/mol. The number of benzene rings is 1. The molecule has 22 heavy (non-hydrogen) atoms. The zero-order chi connectivity index (χ0) is 16.3. The fourth-order valence-corrected chi connectivity index (χ4v) is 1.88. The van der Waals surface area contributed by atoms with Crippen LogP contribution in [0.15, 0.2) is 30.5 Å². The standard InChI is InChI=1S/C14H10F3N3O2/c1-2-22-13(21)11-8-19-20(12(11)14(15,16)17)10-5-3-4-9(6-10)7-18/h3-6,8H,2H2,1H3. The average Bonchev–Trinajstić information content (AvgIpc) is 2.92. The van der Waals surface area contributed by atoms with Gasteiger partial charge in [-0.25, -0.2) is 9.48 Å². The van der Waals surface area contributed by atoms with Crippen LogP contribution in [0.3, 0.4) is 0 Å². The average molecular weight is 309 g/mol. The molecule has 0 bridgehead atoms. The lowest BCUT2D eigenvalue weighted by atomic mass is 10.2. The Morgan fingerprint density at radius 2 is 2.18 bits per heavy atom. The predicted molar refractivity (Wildman–Crippen MR) is 69.2 cm³/mol. The highest BCUT2D eigenvalue weighted by atomic mass is 19.4. The highest BCUT2D eigenvalue weighted by molar-refractivity contribution is 5.90. The Morgan fingerprint density at radius 1 is 1.45 bits per heavy atom. The molecule has 0 saturated carbocycles. The minimum Gasteiger partial charge on any atom is -0.462 e. The fraction of sp³-hybridized carbons (Fsp3) is 0.214. The molecule has 114 valence electrons. The van der Waals surface area contributed by atoms with Crippen LogP contribution >= 0.6 is 0 Å². The van der Waals surface area contributed by atoms with Gasteiger partial charge in [-0.15, -0.1) is 0 Å². The van der Waals surface area contributed by atoms with E-state index in [9.17, 15) is 18.0 Å². The molecule has 2 rings (SSSR count). The summed E-state index contributed by atoms with van der Waals surface area (Å²) >= 11 is 0. The van der Waals surface area contributed by atoms with Gasteiger partial charge in [0.1, 0.15) is 5.56 Å². The van der Waals surface area contributed by atoms with Crippen LogP contribution in [-0.4, -0.2) is 22.4 Å². The van der Waals surface area contributed by atoms with Crippen LogP contribution in [0.2, 0.25) is 0 Å². The summed E-state index contributed by atoms with van der Waals surface area (Å²) in [5.74, 6) is -1.10. The number of halogens is 3. The maximum atomic E-state index is 13.3. The molecule has 1 aromatic heterocycles. The van der Waals surface area contributed by atoms with Crippen molar-refractivity contribution < 1.29 is 22.7 Å². The molecule has 0 N–H and O–H groups in total. The second-order valence-electron chi connectivity index (χ2n) is 4.20. The van der Waals surface area contributed by atoms with Crippen molar-refractivity contribution in [2.24, 2.45) is 0 Å². The van der Waals surface area contributed by atoms with Gasteiger partial charge in [0.15, 0.2) is 5.69 Å². The fourth-order valence-electron chi connectivity index (χ4n) is 1.88. The molecule has 0 radical (unpaired) electrons. The summed E-state index contributed by atoms with van der Waals surface area (Å²) in [6.07, 6.45) is -4.00. The van der Waals surface area contributed by atoms with E-state index in [1.54, 1.807) is 0 Å². The summed E-state index contributed by atoms with van der Waals surface area (Å²) in [5.41, 5.74) is -1.70. The maximum absolute atomic E-state index is 13.3. The summed E-state index contributed by atoms with van der Waals surface area (Å²) in [4.78, 5) is 11.7. The second kappa shape index (κ2) is 5.89. The third-order valence-corrected chi connectivity index (χ3v) is 2.75. The molecular formula is C14H10F3N3O2. The predicted octanol–water partition coefficient (Wildman–Crippen LogP) is 2.94. The Balaban J connectivity index is 2.62. The van der Waals surface area contributed by atoms with E-state index >= 15 is 0 Å². The Bertz CT molecular complexity index is 745. The summed E-state index contributed by atoms with van der Waals surface area (Å²) in [6, 6.07) is 7.32. The molecule has 0 atom stereocenters. The van der Waals surface area contributed by atoms with Gasteiger partial charge in [-0.05, 0) is 25.1 Å². The molecule has 0 aliphatic heterocycles. The molecule has 0 saturated heterocycles. The summed E-state index contributed by atoms with van der Waals surface area (Å²) < 4.78 is 45.0. The quantitative estimate of drug-likeness (QED) is 0.818. The zero-order valence-corrected chi connectivity index (χ0v) is 11.4. The van der Waals surface area contributed by atoms with Gasteiger partial charge >= 0.3 is 12.1 Å². The molecule has 8 heteroatoms. The smallest absolute Gasteiger partial charge is 0.434 e. The molecule has 1 aromatic carbocycles. The van der Waals surface area contributed by atoms with Gasteiger partial charge < -0.3 is 4.74 Å². The summed E-state index contributed by atoms with van der Waals surface area (Å²) in [7, 11) is 0. The molecule has 0 amide bonds. The lowest BCUT2D eigenvalue weighted by Crippen LogP contribution is -2.18. The van der Waals surface area contributed by atoms with E-state index in [-0.39, 0.29) is 17.9 Å². The molecular weight excluding hydrogens is 299 g/mol. The largest absolute Gasteiger partial charge is 0.462 e. The van der Waals surface area contributed by atoms with E-state index in [2.05, 4.69) is 9.84 Å². The van der Waals surface area contributed by atoms with E-state index in [0.29, 0.717) is 4.68 Å². The van der Waals surface area contributed by atoms with Crippen molar-refractivity contribution in [3.8, 4) is 11.8 Å². The number of alkyl halides is 3. The van der Waals surface area contributed by atoms with Gasteiger partial charge in [0.2, 0.25) is 0 Å². The first-order valence-corrected chi connectivity index (χ1v) is 6.21. The molecule has 1 heterocycles. The highest BCUT2D eigenvalue weighted by Crippen LogP contribution is 2.34. The molecule has 2 aromatic rings. The number of aromatic nitrogens is 2. The Kier molecular flexibility index (Phi) is 4.17. The number of ether oxygens (including phenoxy) is 1. The molecule has 5 nitrogen and oxygen atoms in total. The Morgan fingerprint density at radius 3 is 2.77 bits per heavy atom. The second-order valence-corrected chi connectivity index (χ2v) is 4.20. The first kappa shape index (κ1) is 15.6. The van der Waals surface area contributed by atoms with Crippen LogP contribution in [0.5, 0.6) is 0 Å². The lowest BCUT2D eigenvalue weighted by molar-refractivity contribution is -0.143. The van der Waals surface area contributed by atoms with Crippen molar-refractivity contribution in [1.82, 2.24) is 9.78 Å². The van der Waals surface area contributed by atoms with E-state index < -0.39 is 23.4 Å². The van der Waals surface area contributed by atoms with E-state index in [1.807, 2.05) is 6.07 Å². The minimum absolute atomic E-state index is 0.0296. The lowest BCUT2D eigenvalue weighted by Gasteiger charge is -2.12. The van der Waals surface area contributed by atoms with Crippen LogP contribution in [0.4, 0.5) is 13.2 Å². The number of hydrogen-bond acceptors (Lipinski definition) is 4. The number of hydrogen-bond donors (Lipinski definition) is 0. The van der Waals surface area contributed by atoms with Crippen LogP contribution in [0, 0.1) is 11.3 Å². The number of esters is 1. The van der Waals surface area contributed by atoms with Gasteiger partial charge in [-0.3, -0.25) is 0 Å². The SMILES string of the molecule is CCOC(=O)c1cnn(-c2cccc(C#N)c2)c1C(F)(F)F. The van der Waals surface area contributed by atoms with Crippen LogP contribution in [0.25, 0.3) is 5.69 Å². The number of rotatable bonds is 3. The first-order chi connectivity index (χ1) is 10.4. The number of nitrogens with zero attached hydrogens (tertiary/aromatic N) is 3.